The van der Waals surface area contributed by atoms with Gasteiger partial charge in [-0.1, -0.05) is 0 Å². The van der Waals surface area contributed by atoms with Gasteiger partial charge in [0.1, 0.15) is 10.7 Å². The Balaban J connectivity index is 2.79. The van der Waals surface area contributed by atoms with Gasteiger partial charge < -0.3 is 10.2 Å². The van der Waals surface area contributed by atoms with E-state index in [1.54, 1.807) is 13.2 Å². The fraction of sp³-hybridized carbons (Fsp3) is 0.545. The number of sulfonamides is 1. The minimum Gasteiger partial charge on any atom is -0.372 e. The molecule has 8 heteroatoms. The maximum absolute atomic E-state index is 12.2. The summed E-state index contributed by atoms with van der Waals surface area (Å²) in [4.78, 5) is 6.19. The number of nitrogens with one attached hydrogen (secondary N) is 2. The zero-order chi connectivity index (χ0) is 14.5. The Hall–Kier alpha value is -0.700. The molecule has 1 heterocycles. The summed E-state index contributed by atoms with van der Waals surface area (Å²) in [5.41, 5.74) is 0. The highest BCUT2D eigenvalue weighted by Gasteiger charge is 2.19. The molecule has 0 aliphatic carbocycles. The van der Waals surface area contributed by atoms with Gasteiger partial charge in [0.2, 0.25) is 10.0 Å². The fourth-order valence-electron chi connectivity index (χ4n) is 1.49. The largest absolute Gasteiger partial charge is 0.372 e. The lowest BCUT2D eigenvalue weighted by Crippen LogP contribution is -2.28. The SMILES string of the molecule is CNc1ncc(Br)cc1S(=O)(=O)NCCCN(C)C. The van der Waals surface area contributed by atoms with Crippen molar-refractivity contribution in [3.8, 4) is 0 Å². The normalized spacial score (nSPS) is 11.8. The summed E-state index contributed by atoms with van der Waals surface area (Å²) in [6.07, 6.45) is 2.31. The van der Waals surface area contributed by atoms with Gasteiger partial charge in [-0.2, -0.15) is 0 Å². The van der Waals surface area contributed by atoms with E-state index >= 15 is 0 Å². The first-order chi connectivity index (χ1) is 8.86. The molecule has 0 aromatic carbocycles. The van der Waals surface area contributed by atoms with Gasteiger partial charge in [0.05, 0.1) is 0 Å². The van der Waals surface area contributed by atoms with Crippen molar-refractivity contribution in [1.29, 1.82) is 0 Å². The van der Waals surface area contributed by atoms with E-state index in [0.717, 1.165) is 13.0 Å². The molecule has 6 nitrogen and oxygen atoms in total. The summed E-state index contributed by atoms with van der Waals surface area (Å²) in [6.45, 7) is 1.23. The van der Waals surface area contributed by atoms with Crippen LogP contribution in [0.4, 0.5) is 5.82 Å². The van der Waals surface area contributed by atoms with Crippen LogP contribution in [0, 0.1) is 0 Å². The lowest BCUT2D eigenvalue weighted by molar-refractivity contribution is 0.400. The molecule has 1 aromatic rings. The average molecular weight is 351 g/mol. The summed E-state index contributed by atoms with van der Waals surface area (Å²) in [6, 6.07) is 1.53. The highest BCUT2D eigenvalue weighted by atomic mass is 79.9. The Morgan fingerprint density at radius 1 is 1.42 bits per heavy atom. The van der Waals surface area contributed by atoms with Crippen LogP contribution < -0.4 is 10.0 Å². The number of hydrogen-bond donors (Lipinski definition) is 2. The number of anilines is 1. The molecule has 108 valence electrons. The Labute approximate surface area is 122 Å². The second kappa shape index (κ2) is 7.18. The Morgan fingerprint density at radius 3 is 2.68 bits per heavy atom. The lowest BCUT2D eigenvalue weighted by atomic mass is 10.4. The van der Waals surface area contributed by atoms with Gasteiger partial charge in [-0.25, -0.2) is 18.1 Å². The van der Waals surface area contributed by atoms with Crippen molar-refractivity contribution in [2.24, 2.45) is 0 Å². The van der Waals surface area contributed by atoms with E-state index in [-0.39, 0.29) is 4.90 Å². The second-order valence-electron chi connectivity index (χ2n) is 4.30. The second-order valence-corrected chi connectivity index (χ2v) is 6.96. The highest BCUT2D eigenvalue weighted by Crippen LogP contribution is 2.22. The molecule has 0 amide bonds. The van der Waals surface area contributed by atoms with Crippen molar-refractivity contribution in [2.75, 3.05) is 39.5 Å². The van der Waals surface area contributed by atoms with Crippen molar-refractivity contribution < 1.29 is 8.42 Å². The van der Waals surface area contributed by atoms with Gasteiger partial charge in [-0.05, 0) is 49.1 Å². The van der Waals surface area contributed by atoms with Gasteiger partial charge >= 0.3 is 0 Å². The first-order valence-corrected chi connectivity index (χ1v) is 8.12. The molecule has 1 aromatic heterocycles. The molecule has 2 N–H and O–H groups in total. The maximum atomic E-state index is 12.2. The highest BCUT2D eigenvalue weighted by molar-refractivity contribution is 9.10. The zero-order valence-electron chi connectivity index (χ0n) is 11.3. The molecular formula is C11H19BrN4O2S. The lowest BCUT2D eigenvalue weighted by Gasteiger charge is -2.12. The predicted octanol–water partition coefficient (Wildman–Crippen LogP) is 1.12. The first kappa shape index (κ1) is 16.4. The third-order valence-corrected chi connectivity index (χ3v) is 4.33. The molecule has 0 bridgehead atoms. The van der Waals surface area contributed by atoms with Gasteiger partial charge in [0, 0.05) is 24.3 Å². The van der Waals surface area contributed by atoms with Crippen molar-refractivity contribution >= 4 is 31.8 Å². The molecule has 0 fully saturated rings. The monoisotopic (exact) mass is 350 g/mol. The van der Waals surface area contributed by atoms with Gasteiger partial charge in [-0.3, -0.25) is 0 Å². The maximum Gasteiger partial charge on any atom is 0.244 e. The van der Waals surface area contributed by atoms with Crippen LogP contribution in [0.5, 0.6) is 0 Å². The van der Waals surface area contributed by atoms with Gasteiger partial charge in [0.15, 0.2) is 0 Å². The molecule has 19 heavy (non-hydrogen) atoms. The Kier molecular flexibility index (Phi) is 6.18. The number of rotatable bonds is 7. The van der Waals surface area contributed by atoms with E-state index in [2.05, 4.69) is 31.0 Å². The molecule has 0 saturated carbocycles. The summed E-state index contributed by atoms with van der Waals surface area (Å²) >= 11 is 3.23. The standard InChI is InChI=1S/C11H19BrN4O2S/c1-13-11-10(7-9(12)8-14-11)19(17,18)15-5-4-6-16(2)3/h7-8,15H,4-6H2,1-3H3,(H,13,14). The molecule has 0 radical (unpaired) electrons. The minimum atomic E-state index is -3.55. The predicted molar refractivity (Wildman–Crippen MR) is 79.8 cm³/mol. The van der Waals surface area contributed by atoms with Crippen molar-refractivity contribution in [3.05, 3.63) is 16.7 Å². The topological polar surface area (TPSA) is 74.3 Å². The van der Waals surface area contributed by atoms with E-state index in [1.165, 1.54) is 6.07 Å². The van der Waals surface area contributed by atoms with Crippen LogP contribution >= 0.6 is 15.9 Å². The summed E-state index contributed by atoms with van der Waals surface area (Å²) in [5.74, 6) is 0.336. The van der Waals surface area contributed by atoms with Crippen LogP contribution in [0.1, 0.15) is 6.42 Å². The van der Waals surface area contributed by atoms with Gasteiger partial charge in [0.25, 0.3) is 0 Å². The molecular weight excluding hydrogens is 332 g/mol. The van der Waals surface area contributed by atoms with Crippen LogP contribution in [0.2, 0.25) is 0 Å². The third kappa shape index (κ3) is 5.06. The molecule has 0 aliphatic heterocycles. The average Bonchev–Trinajstić information content (AvgIpc) is 2.34. The van der Waals surface area contributed by atoms with Crippen molar-refractivity contribution in [2.45, 2.75) is 11.3 Å². The first-order valence-electron chi connectivity index (χ1n) is 5.84. The summed E-state index contributed by atoms with van der Waals surface area (Å²) in [5, 5.41) is 2.78. The Morgan fingerprint density at radius 2 is 2.11 bits per heavy atom. The molecule has 0 unspecified atom stereocenters. The van der Waals surface area contributed by atoms with Crippen molar-refractivity contribution in [1.82, 2.24) is 14.6 Å². The van der Waals surface area contributed by atoms with Crippen LogP contribution in [0.25, 0.3) is 0 Å². The number of pyridine rings is 1. The summed E-state index contributed by atoms with van der Waals surface area (Å²) < 4.78 is 27.6. The molecule has 1 rings (SSSR count). The molecule has 0 aliphatic rings. The van der Waals surface area contributed by atoms with Crippen LogP contribution in [0.3, 0.4) is 0 Å². The minimum absolute atomic E-state index is 0.147. The van der Waals surface area contributed by atoms with Crippen LogP contribution in [-0.4, -0.2) is 52.5 Å². The number of hydrogen-bond acceptors (Lipinski definition) is 5. The number of halogens is 1. The van der Waals surface area contributed by atoms with Crippen LogP contribution in [0.15, 0.2) is 21.6 Å². The third-order valence-electron chi connectivity index (χ3n) is 2.42. The number of nitrogens with zero attached hydrogens (tertiary/aromatic N) is 2. The van der Waals surface area contributed by atoms with E-state index < -0.39 is 10.0 Å². The Bertz CT molecular complexity index is 519. The molecule has 0 atom stereocenters. The quantitative estimate of drug-likeness (QED) is 0.720. The van der Waals surface area contributed by atoms with Gasteiger partial charge in [-0.15, -0.1) is 0 Å². The van der Waals surface area contributed by atoms with E-state index in [0.29, 0.717) is 16.8 Å². The van der Waals surface area contributed by atoms with Crippen LogP contribution in [-0.2, 0) is 10.0 Å². The fourth-order valence-corrected chi connectivity index (χ4v) is 3.24. The zero-order valence-corrected chi connectivity index (χ0v) is 13.7. The van der Waals surface area contributed by atoms with E-state index in [9.17, 15) is 8.42 Å². The summed E-state index contributed by atoms with van der Waals surface area (Å²) in [7, 11) is 1.99. The van der Waals surface area contributed by atoms with Crippen molar-refractivity contribution in [3.63, 3.8) is 0 Å². The van der Waals surface area contributed by atoms with E-state index in [4.69, 9.17) is 0 Å². The van der Waals surface area contributed by atoms with E-state index in [1.807, 2.05) is 19.0 Å². The number of aromatic nitrogens is 1. The molecule has 0 spiro atoms. The molecule has 0 saturated heterocycles. The smallest absolute Gasteiger partial charge is 0.244 e.